The van der Waals surface area contributed by atoms with E-state index in [1.165, 1.54) is 7.11 Å². The largest absolute Gasteiger partial charge is 0.497 e. The lowest BCUT2D eigenvalue weighted by Gasteiger charge is -2.16. The summed E-state index contributed by atoms with van der Waals surface area (Å²) in [4.78, 5) is 1.25. The molecule has 264 valence electrons. The van der Waals surface area contributed by atoms with Crippen molar-refractivity contribution in [2.75, 3.05) is 51.0 Å². The monoisotopic (exact) mass is 716 g/mol. The lowest BCUT2D eigenvalue weighted by Crippen LogP contribution is -2.21. The summed E-state index contributed by atoms with van der Waals surface area (Å²) in [6.45, 7) is 3.93. The summed E-state index contributed by atoms with van der Waals surface area (Å²) in [7, 11) is -4.00. The number of hydrogen-bond acceptors (Lipinski definition) is 10. The van der Waals surface area contributed by atoms with Gasteiger partial charge in [-0.05, 0) is 142 Å². The van der Waals surface area contributed by atoms with Crippen LogP contribution in [0, 0.1) is 0 Å². The molecule has 0 bridgehead atoms. The molecule has 2 saturated heterocycles. The Hall–Kier alpha value is -4.10. The van der Waals surface area contributed by atoms with E-state index < -0.39 is 19.7 Å². The molecule has 50 heavy (non-hydrogen) atoms. The van der Waals surface area contributed by atoms with Crippen LogP contribution in [0.2, 0.25) is 0 Å². The first-order valence-electron chi connectivity index (χ1n) is 17.2. The van der Waals surface area contributed by atoms with E-state index in [9.17, 15) is 16.8 Å². The Kier molecular flexibility index (Phi) is 9.80. The zero-order valence-electron chi connectivity index (χ0n) is 28.3. The Labute approximate surface area is 294 Å². The molecule has 0 spiro atoms. The second-order valence-corrected chi connectivity index (χ2v) is 17.1. The van der Waals surface area contributed by atoms with Crippen LogP contribution >= 0.6 is 0 Å². The van der Waals surface area contributed by atoms with E-state index in [1.807, 2.05) is 24.3 Å². The summed E-state index contributed by atoms with van der Waals surface area (Å²) in [5.41, 5.74) is 4.40. The van der Waals surface area contributed by atoms with Gasteiger partial charge in [0.2, 0.25) is 19.7 Å². The average Bonchev–Trinajstić information content (AvgIpc) is 3.43. The molecule has 0 radical (unpaired) electrons. The maximum atomic E-state index is 13.0. The fraction of sp³-hybridized carbons (Fsp3) is 0.368. The van der Waals surface area contributed by atoms with Crippen LogP contribution in [-0.4, -0.2) is 69.3 Å². The van der Waals surface area contributed by atoms with Crippen LogP contribution in [0.3, 0.4) is 0 Å². The van der Waals surface area contributed by atoms with E-state index in [0.29, 0.717) is 50.1 Å². The summed E-state index contributed by atoms with van der Waals surface area (Å²) in [5.74, 6) is 1.92. The molecule has 4 aliphatic rings. The number of benzene rings is 4. The molecule has 0 saturated carbocycles. The van der Waals surface area contributed by atoms with Gasteiger partial charge in [0.1, 0.15) is 11.5 Å². The number of nitrogens with one attached hydrogen (secondary N) is 4. The normalized spacial score (nSPS) is 22.4. The van der Waals surface area contributed by atoms with Crippen LogP contribution < -0.4 is 30.7 Å². The topological polar surface area (TPSA) is 135 Å². The van der Waals surface area contributed by atoms with Crippen molar-refractivity contribution in [3.63, 3.8) is 0 Å². The molecule has 4 heterocycles. The van der Waals surface area contributed by atoms with E-state index in [1.54, 1.807) is 67.8 Å². The predicted octanol–water partition coefficient (Wildman–Crippen LogP) is 5.58. The third kappa shape index (κ3) is 6.69. The zero-order chi connectivity index (χ0) is 34.9. The van der Waals surface area contributed by atoms with Crippen molar-refractivity contribution < 1.29 is 26.3 Å². The van der Waals surface area contributed by atoms with Crippen molar-refractivity contribution in [3.8, 4) is 11.5 Å². The molecule has 0 aliphatic carbocycles. The van der Waals surface area contributed by atoms with Crippen molar-refractivity contribution in [2.24, 2.45) is 0 Å². The average molecular weight is 717 g/mol. The summed E-state index contributed by atoms with van der Waals surface area (Å²) in [5, 5.41) is 14.0. The molecule has 10 nitrogen and oxygen atoms in total. The van der Waals surface area contributed by atoms with Gasteiger partial charge in [-0.1, -0.05) is 6.07 Å². The third-order valence-electron chi connectivity index (χ3n) is 10.4. The number of rotatable bonds is 6. The summed E-state index contributed by atoms with van der Waals surface area (Å²) >= 11 is 0. The number of fused-ring (bicyclic) bond motifs is 6. The van der Waals surface area contributed by atoms with Crippen LogP contribution in [0.4, 0.5) is 11.4 Å². The maximum Gasteiger partial charge on any atom is 0.206 e. The number of sulfone groups is 2. The molecule has 4 atom stereocenters. The Bertz CT molecular complexity index is 2070. The van der Waals surface area contributed by atoms with Crippen molar-refractivity contribution in [2.45, 2.75) is 69.2 Å². The minimum Gasteiger partial charge on any atom is -0.497 e. The van der Waals surface area contributed by atoms with Gasteiger partial charge in [0.05, 0.1) is 33.8 Å². The number of anilines is 2. The molecule has 2 fully saturated rings. The van der Waals surface area contributed by atoms with E-state index in [0.717, 1.165) is 74.4 Å². The summed E-state index contributed by atoms with van der Waals surface area (Å²) < 4.78 is 62.3. The first kappa shape index (κ1) is 34.4. The fourth-order valence-electron chi connectivity index (χ4n) is 7.66. The van der Waals surface area contributed by atoms with E-state index >= 15 is 0 Å². The zero-order valence-corrected chi connectivity index (χ0v) is 29.9. The number of ether oxygens (including phenoxy) is 2. The number of hydrogen-bond donors (Lipinski definition) is 4. The van der Waals surface area contributed by atoms with Gasteiger partial charge in [-0.3, -0.25) is 0 Å². The molecular weight excluding hydrogens is 673 g/mol. The molecule has 0 unspecified atom stereocenters. The molecule has 4 N–H and O–H groups in total. The Morgan fingerprint density at radius 1 is 0.520 bits per heavy atom. The Morgan fingerprint density at radius 3 is 1.50 bits per heavy atom. The summed E-state index contributed by atoms with van der Waals surface area (Å²) in [6, 6.07) is 24.9. The van der Waals surface area contributed by atoms with Gasteiger partial charge < -0.3 is 30.7 Å². The first-order valence-corrected chi connectivity index (χ1v) is 20.2. The SMILES string of the molecule is COc1ccc(S(=O)(=O)c2ccc3c(c2)[C@@H]2CCNCC[C@H]2N3)cc1.COc1cccc(S(=O)(=O)c2ccc3c(c2)[C@@H]2CCNCC[C@H]2N3)c1. The van der Waals surface area contributed by atoms with Crippen LogP contribution in [0.1, 0.15) is 48.6 Å². The van der Waals surface area contributed by atoms with Crippen LogP contribution in [-0.2, 0) is 19.7 Å². The standard InChI is InChI=1S/2C19H22N2O3S/c1-24-13-2-4-14(5-3-13)25(22,23)15-6-7-18-17(12-15)16-8-10-20-11-9-19(16)21-18;1-24-13-3-2-4-14(11-13)25(22,23)15-5-6-18-17(12-15)16-7-9-20-10-8-19(16)21-18/h2-7,12,16,19-21H,8-11H2,1H3;2-6,11-12,16,19-21H,7-10H2,1H3/t2*16-,19+/m00/s1. The Morgan fingerprint density at radius 2 is 0.980 bits per heavy atom. The predicted molar refractivity (Wildman–Crippen MR) is 194 cm³/mol. The second-order valence-electron chi connectivity index (χ2n) is 13.2. The first-order chi connectivity index (χ1) is 24.2. The van der Waals surface area contributed by atoms with Crippen molar-refractivity contribution in [1.29, 1.82) is 0 Å². The second kappa shape index (κ2) is 14.3. The van der Waals surface area contributed by atoms with Gasteiger partial charge in [0, 0.05) is 35.3 Å². The molecule has 0 amide bonds. The molecule has 4 aliphatic heterocycles. The highest BCUT2D eigenvalue weighted by atomic mass is 32.2. The highest BCUT2D eigenvalue weighted by Crippen LogP contribution is 2.43. The van der Waals surface area contributed by atoms with Crippen molar-refractivity contribution in [1.82, 2.24) is 10.6 Å². The molecule has 0 aromatic heterocycles. The Balaban J connectivity index is 0.000000157. The molecular formula is C38H44N4O6S2. The number of methoxy groups -OCH3 is 2. The quantitative estimate of drug-likeness (QED) is 0.201. The third-order valence-corrected chi connectivity index (χ3v) is 13.9. The molecule has 12 heteroatoms. The molecule has 4 aromatic carbocycles. The van der Waals surface area contributed by atoms with Crippen LogP contribution in [0.25, 0.3) is 0 Å². The summed E-state index contributed by atoms with van der Waals surface area (Å²) in [6.07, 6.45) is 4.15. The van der Waals surface area contributed by atoms with Gasteiger partial charge in [-0.25, -0.2) is 16.8 Å². The lowest BCUT2D eigenvalue weighted by molar-refractivity contribution is 0.413. The van der Waals surface area contributed by atoms with Gasteiger partial charge >= 0.3 is 0 Å². The van der Waals surface area contributed by atoms with Crippen molar-refractivity contribution in [3.05, 3.63) is 96.1 Å². The lowest BCUT2D eigenvalue weighted by atomic mass is 9.91. The van der Waals surface area contributed by atoms with Gasteiger partial charge in [0.25, 0.3) is 0 Å². The molecule has 4 aromatic rings. The van der Waals surface area contributed by atoms with Gasteiger partial charge in [-0.15, -0.1) is 0 Å². The highest BCUT2D eigenvalue weighted by molar-refractivity contribution is 7.91. The van der Waals surface area contributed by atoms with Gasteiger partial charge in [-0.2, -0.15) is 0 Å². The van der Waals surface area contributed by atoms with Gasteiger partial charge in [0.15, 0.2) is 0 Å². The fourth-order valence-corrected chi connectivity index (χ4v) is 10.3. The van der Waals surface area contributed by atoms with Crippen LogP contribution in [0.15, 0.2) is 105 Å². The maximum absolute atomic E-state index is 13.0. The molecule has 8 rings (SSSR count). The highest BCUT2D eigenvalue weighted by Gasteiger charge is 2.35. The van der Waals surface area contributed by atoms with E-state index in [2.05, 4.69) is 21.3 Å². The van der Waals surface area contributed by atoms with Crippen LogP contribution in [0.5, 0.6) is 11.5 Å². The minimum atomic E-state index is -3.56. The van der Waals surface area contributed by atoms with E-state index in [-0.39, 0.29) is 4.90 Å². The van der Waals surface area contributed by atoms with E-state index in [4.69, 9.17) is 9.47 Å². The van der Waals surface area contributed by atoms with Crippen molar-refractivity contribution >= 4 is 31.0 Å². The minimum absolute atomic E-state index is 0.261. The smallest absolute Gasteiger partial charge is 0.206 e.